The van der Waals surface area contributed by atoms with E-state index in [-0.39, 0.29) is 4.90 Å². The van der Waals surface area contributed by atoms with E-state index in [0.717, 1.165) is 5.69 Å². The van der Waals surface area contributed by atoms with Crippen LogP contribution in [0.2, 0.25) is 0 Å². The van der Waals surface area contributed by atoms with Gasteiger partial charge in [-0.15, -0.1) is 0 Å². The Morgan fingerprint density at radius 3 is 2.63 bits per heavy atom. The molecule has 0 atom stereocenters. The molecule has 2 rings (SSSR count). The van der Waals surface area contributed by atoms with Crippen molar-refractivity contribution in [1.29, 1.82) is 0 Å². The first-order valence-corrected chi connectivity index (χ1v) is 7.05. The van der Waals surface area contributed by atoms with Crippen molar-refractivity contribution in [2.24, 2.45) is 12.2 Å². The number of aryl methyl sites for hydroxylation is 1. The fourth-order valence-electron chi connectivity index (χ4n) is 1.62. The Morgan fingerprint density at radius 1 is 1.37 bits per heavy atom. The van der Waals surface area contributed by atoms with Crippen molar-refractivity contribution in [3.8, 4) is 0 Å². The molecule has 0 aliphatic rings. The average Bonchev–Trinajstić information content (AvgIpc) is 2.72. The maximum atomic E-state index is 11.2. The number of nitrogens with zero attached hydrogens (tertiary/aromatic N) is 2. The lowest BCUT2D eigenvalue weighted by atomic mass is 10.2. The number of rotatable bonds is 4. The van der Waals surface area contributed by atoms with E-state index in [1.165, 1.54) is 12.1 Å². The normalized spacial score (nSPS) is 11.5. The summed E-state index contributed by atoms with van der Waals surface area (Å²) in [4.78, 5) is -0.00612. The van der Waals surface area contributed by atoms with E-state index in [2.05, 4.69) is 10.4 Å². The molecule has 0 unspecified atom stereocenters. The first-order chi connectivity index (χ1) is 8.86. The van der Waals surface area contributed by atoms with Gasteiger partial charge in [0.25, 0.3) is 0 Å². The van der Waals surface area contributed by atoms with Crippen LogP contribution >= 0.6 is 0 Å². The number of nitrogens with two attached hydrogens (primary N) is 2. The molecule has 0 radical (unpaired) electrons. The Hall–Kier alpha value is -2.06. The topological polar surface area (TPSA) is 116 Å². The van der Waals surface area contributed by atoms with Crippen LogP contribution in [0.15, 0.2) is 35.4 Å². The van der Waals surface area contributed by atoms with Crippen LogP contribution in [0.5, 0.6) is 0 Å². The van der Waals surface area contributed by atoms with Gasteiger partial charge in [-0.3, -0.25) is 4.68 Å². The van der Waals surface area contributed by atoms with Crippen molar-refractivity contribution < 1.29 is 8.42 Å². The van der Waals surface area contributed by atoms with Crippen LogP contribution in [-0.4, -0.2) is 18.2 Å². The van der Waals surface area contributed by atoms with Gasteiger partial charge in [0.05, 0.1) is 28.5 Å². The molecule has 0 fully saturated rings. The highest BCUT2D eigenvalue weighted by Crippen LogP contribution is 2.22. The average molecular weight is 281 g/mol. The summed E-state index contributed by atoms with van der Waals surface area (Å²) in [5, 5.41) is 12.3. The highest BCUT2D eigenvalue weighted by atomic mass is 32.2. The van der Waals surface area contributed by atoms with E-state index >= 15 is 0 Å². The number of nitrogens with one attached hydrogen (secondary N) is 1. The first-order valence-electron chi connectivity index (χ1n) is 5.51. The van der Waals surface area contributed by atoms with Gasteiger partial charge in [-0.2, -0.15) is 5.10 Å². The van der Waals surface area contributed by atoms with E-state index in [1.807, 2.05) is 19.3 Å². The van der Waals surface area contributed by atoms with E-state index in [4.69, 9.17) is 10.9 Å². The second-order valence-electron chi connectivity index (χ2n) is 4.13. The van der Waals surface area contributed by atoms with E-state index in [1.54, 1.807) is 10.7 Å². The number of aromatic nitrogens is 2. The SMILES string of the molecule is Cn1ccc(CNc2ccc(S(N)(=O)=O)cc2N)n1. The molecule has 0 saturated carbocycles. The summed E-state index contributed by atoms with van der Waals surface area (Å²) in [5.41, 5.74) is 7.60. The summed E-state index contributed by atoms with van der Waals surface area (Å²) in [7, 11) is -1.90. The van der Waals surface area contributed by atoms with Gasteiger partial charge < -0.3 is 11.1 Å². The number of anilines is 2. The lowest BCUT2D eigenvalue weighted by molar-refractivity contribution is 0.598. The molecule has 5 N–H and O–H groups in total. The van der Waals surface area contributed by atoms with Crippen LogP contribution in [0.1, 0.15) is 5.69 Å². The summed E-state index contributed by atoms with van der Waals surface area (Å²) >= 11 is 0. The van der Waals surface area contributed by atoms with Gasteiger partial charge in [-0.25, -0.2) is 13.6 Å². The van der Waals surface area contributed by atoms with Crippen LogP contribution in [0, 0.1) is 0 Å². The summed E-state index contributed by atoms with van der Waals surface area (Å²) < 4.78 is 24.0. The monoisotopic (exact) mass is 281 g/mol. The Morgan fingerprint density at radius 2 is 2.11 bits per heavy atom. The maximum Gasteiger partial charge on any atom is 0.238 e. The fraction of sp³-hybridized carbons (Fsp3) is 0.182. The molecule has 0 amide bonds. The van der Waals surface area contributed by atoms with Crippen LogP contribution < -0.4 is 16.2 Å². The molecule has 8 heteroatoms. The molecule has 0 spiro atoms. The first kappa shape index (κ1) is 13.4. The van der Waals surface area contributed by atoms with Gasteiger partial charge in [0.15, 0.2) is 0 Å². The fourth-order valence-corrected chi connectivity index (χ4v) is 2.17. The van der Waals surface area contributed by atoms with Gasteiger partial charge in [-0.1, -0.05) is 0 Å². The third-order valence-corrected chi connectivity index (χ3v) is 3.49. The third kappa shape index (κ3) is 3.24. The molecule has 19 heavy (non-hydrogen) atoms. The van der Waals surface area contributed by atoms with Crippen molar-refractivity contribution in [2.75, 3.05) is 11.1 Å². The summed E-state index contributed by atoms with van der Waals surface area (Å²) in [6.07, 6.45) is 1.84. The minimum Gasteiger partial charge on any atom is -0.397 e. The van der Waals surface area contributed by atoms with Crippen molar-refractivity contribution in [2.45, 2.75) is 11.4 Å². The summed E-state index contributed by atoms with van der Waals surface area (Å²) in [6.45, 7) is 0.500. The molecule has 1 aromatic carbocycles. The molecule has 102 valence electrons. The number of hydrogen-bond donors (Lipinski definition) is 3. The number of hydrogen-bond acceptors (Lipinski definition) is 5. The molecule has 0 bridgehead atoms. The second-order valence-corrected chi connectivity index (χ2v) is 5.69. The largest absolute Gasteiger partial charge is 0.397 e. The second kappa shape index (κ2) is 4.90. The lowest BCUT2D eigenvalue weighted by Gasteiger charge is -2.09. The summed E-state index contributed by atoms with van der Waals surface area (Å²) in [5.74, 6) is 0. The zero-order valence-corrected chi connectivity index (χ0v) is 11.2. The van der Waals surface area contributed by atoms with E-state index in [9.17, 15) is 8.42 Å². The molecular weight excluding hydrogens is 266 g/mol. The molecule has 1 heterocycles. The standard InChI is InChI=1S/C11H15N5O2S/c1-16-5-4-8(15-16)7-14-11-3-2-9(6-10(11)12)19(13,17)18/h2-6,14H,7,12H2,1H3,(H2,13,17,18). The van der Waals surface area contributed by atoms with Gasteiger partial charge >= 0.3 is 0 Å². The number of nitrogen functional groups attached to an aromatic ring is 1. The minimum absolute atomic E-state index is 0.00612. The lowest BCUT2D eigenvalue weighted by Crippen LogP contribution is -2.13. The van der Waals surface area contributed by atoms with Crippen molar-refractivity contribution in [3.05, 3.63) is 36.2 Å². The summed E-state index contributed by atoms with van der Waals surface area (Å²) in [6, 6.07) is 6.20. The van der Waals surface area contributed by atoms with Gasteiger partial charge in [0, 0.05) is 13.2 Å². The Labute approximate surface area is 111 Å². The smallest absolute Gasteiger partial charge is 0.238 e. The molecule has 1 aromatic heterocycles. The number of primary sulfonamides is 1. The van der Waals surface area contributed by atoms with Crippen molar-refractivity contribution in [3.63, 3.8) is 0 Å². The molecular formula is C11H15N5O2S. The number of sulfonamides is 1. The van der Waals surface area contributed by atoms with Crippen molar-refractivity contribution >= 4 is 21.4 Å². The number of benzene rings is 1. The van der Waals surface area contributed by atoms with E-state index < -0.39 is 10.0 Å². The molecule has 2 aromatic rings. The van der Waals surface area contributed by atoms with Crippen LogP contribution in [-0.2, 0) is 23.6 Å². The Balaban J connectivity index is 2.14. The van der Waals surface area contributed by atoms with E-state index in [0.29, 0.717) is 17.9 Å². The molecule has 0 aliphatic carbocycles. The quantitative estimate of drug-likeness (QED) is 0.695. The van der Waals surface area contributed by atoms with Gasteiger partial charge in [0.2, 0.25) is 10.0 Å². The minimum atomic E-state index is -3.73. The molecule has 0 saturated heterocycles. The zero-order valence-electron chi connectivity index (χ0n) is 10.4. The van der Waals surface area contributed by atoms with Gasteiger partial charge in [0.1, 0.15) is 0 Å². The zero-order chi connectivity index (χ0) is 14.0. The highest BCUT2D eigenvalue weighted by Gasteiger charge is 2.10. The predicted molar refractivity (Wildman–Crippen MR) is 72.8 cm³/mol. The van der Waals surface area contributed by atoms with Crippen LogP contribution in [0.4, 0.5) is 11.4 Å². The van der Waals surface area contributed by atoms with Crippen LogP contribution in [0.25, 0.3) is 0 Å². The third-order valence-electron chi connectivity index (χ3n) is 2.58. The Bertz CT molecular complexity index is 693. The predicted octanol–water partition coefficient (Wildman–Crippen LogP) is 0.262. The highest BCUT2D eigenvalue weighted by molar-refractivity contribution is 7.89. The molecule has 0 aliphatic heterocycles. The van der Waals surface area contributed by atoms with Gasteiger partial charge in [-0.05, 0) is 24.3 Å². The molecule has 7 nitrogen and oxygen atoms in total. The van der Waals surface area contributed by atoms with Crippen LogP contribution in [0.3, 0.4) is 0 Å². The Kier molecular flexibility index (Phi) is 3.45. The van der Waals surface area contributed by atoms with Crippen molar-refractivity contribution in [1.82, 2.24) is 9.78 Å². The maximum absolute atomic E-state index is 11.2.